The number of hydrogen-bond acceptors (Lipinski definition) is 2. The lowest BCUT2D eigenvalue weighted by Crippen LogP contribution is -2.16. The molecule has 0 saturated carbocycles. The van der Waals surface area contributed by atoms with Crippen LogP contribution in [0.1, 0.15) is 65.7 Å². The number of amides is 1. The highest BCUT2D eigenvalue weighted by Gasteiger charge is 2.32. The van der Waals surface area contributed by atoms with E-state index in [9.17, 15) is 35.9 Å². The van der Waals surface area contributed by atoms with Crippen molar-refractivity contribution in [1.82, 2.24) is 0 Å². The molecule has 0 heterocycles. The Labute approximate surface area is 216 Å². The summed E-state index contributed by atoms with van der Waals surface area (Å²) in [6.07, 6.45) is -8.66. The Kier molecular flexibility index (Phi) is 8.39. The number of carbonyl (C=O) groups is 2. The van der Waals surface area contributed by atoms with E-state index in [0.29, 0.717) is 23.1 Å². The number of benzene rings is 3. The molecule has 0 aromatic heterocycles. The van der Waals surface area contributed by atoms with Crippen LogP contribution < -0.4 is 5.32 Å². The van der Waals surface area contributed by atoms with Gasteiger partial charge in [-0.1, -0.05) is 32.0 Å². The second-order valence-electron chi connectivity index (χ2n) is 9.75. The lowest BCUT2D eigenvalue weighted by atomic mass is 9.85. The molecule has 0 spiro atoms. The van der Waals surface area contributed by atoms with Crippen molar-refractivity contribution in [2.75, 3.05) is 5.32 Å². The van der Waals surface area contributed by atoms with Gasteiger partial charge in [0.2, 0.25) is 0 Å². The first kappa shape index (κ1) is 28.9. The highest BCUT2D eigenvalue weighted by atomic mass is 19.4. The van der Waals surface area contributed by atoms with Gasteiger partial charge in [-0.25, -0.2) is 0 Å². The summed E-state index contributed by atoms with van der Waals surface area (Å²) in [5.41, 5.74) is -0.144. The summed E-state index contributed by atoms with van der Waals surface area (Å²) < 4.78 is 78.9. The van der Waals surface area contributed by atoms with Gasteiger partial charge in [-0.15, -0.1) is 0 Å². The third-order valence-corrected chi connectivity index (χ3v) is 6.03. The molecular formula is C29H27F6NO2. The molecule has 38 heavy (non-hydrogen) atoms. The molecule has 3 aromatic carbocycles. The molecule has 0 saturated heterocycles. The minimum absolute atomic E-state index is 0.131. The van der Waals surface area contributed by atoms with Crippen LogP contribution in [0, 0.1) is 12.8 Å². The van der Waals surface area contributed by atoms with Crippen LogP contribution in [0.4, 0.5) is 32.0 Å². The summed E-state index contributed by atoms with van der Waals surface area (Å²) >= 11 is 0. The summed E-state index contributed by atoms with van der Waals surface area (Å²) in [6, 6.07) is 12.2. The van der Waals surface area contributed by atoms with Crippen molar-refractivity contribution in [2.45, 2.75) is 52.4 Å². The van der Waals surface area contributed by atoms with Crippen LogP contribution in [-0.4, -0.2) is 11.7 Å². The third kappa shape index (κ3) is 7.24. The first-order chi connectivity index (χ1) is 17.5. The van der Waals surface area contributed by atoms with Gasteiger partial charge in [-0.05, 0) is 90.9 Å². The van der Waals surface area contributed by atoms with E-state index < -0.39 is 35.3 Å². The van der Waals surface area contributed by atoms with Gasteiger partial charge in [0.15, 0.2) is 0 Å². The molecule has 0 fully saturated rings. The molecule has 1 N–H and O–H groups in total. The lowest BCUT2D eigenvalue weighted by molar-refractivity contribution is -0.138. The predicted molar refractivity (Wildman–Crippen MR) is 134 cm³/mol. The van der Waals surface area contributed by atoms with Gasteiger partial charge < -0.3 is 5.32 Å². The van der Waals surface area contributed by atoms with E-state index in [0.717, 1.165) is 24.3 Å². The van der Waals surface area contributed by atoms with Crippen LogP contribution in [0.5, 0.6) is 0 Å². The normalized spacial score (nSPS) is 12.9. The second-order valence-corrected chi connectivity index (χ2v) is 9.75. The summed E-state index contributed by atoms with van der Waals surface area (Å²) in [5.74, 6) is -1.33. The number of ketones is 1. The number of nitrogens with one attached hydrogen (secondary N) is 1. The van der Waals surface area contributed by atoms with Gasteiger partial charge in [0, 0.05) is 17.2 Å². The van der Waals surface area contributed by atoms with Crippen LogP contribution in [0.25, 0.3) is 11.1 Å². The highest BCUT2D eigenvalue weighted by molar-refractivity contribution is 6.05. The smallest absolute Gasteiger partial charge is 0.322 e. The molecule has 3 rings (SSSR count). The summed E-state index contributed by atoms with van der Waals surface area (Å²) in [7, 11) is 0. The number of anilines is 1. The molecule has 0 aliphatic rings. The van der Waals surface area contributed by atoms with Gasteiger partial charge in [-0.2, -0.15) is 26.3 Å². The number of Topliss-reactive ketones (excluding diaryl/α,β-unsaturated/α-hetero) is 1. The van der Waals surface area contributed by atoms with Crippen LogP contribution in [0.15, 0.2) is 60.7 Å². The standard InChI is InChI=1S/C29H27F6NO2/c1-16(2)9-26(18(4)37)21-12-20(19-5-7-23(8-6-19)28(30,31)32)14-25(15-21)36-27(38)22-10-17(3)11-24(13-22)29(33,34)35/h5-8,10-16,26H,9H2,1-4H3,(H,36,38). The monoisotopic (exact) mass is 535 g/mol. The summed E-state index contributed by atoms with van der Waals surface area (Å²) in [4.78, 5) is 25.5. The van der Waals surface area contributed by atoms with Crippen LogP contribution >= 0.6 is 0 Å². The maximum absolute atomic E-state index is 13.3. The van der Waals surface area contributed by atoms with Gasteiger partial charge in [0.05, 0.1) is 11.1 Å². The number of aryl methyl sites for hydroxylation is 1. The first-order valence-electron chi connectivity index (χ1n) is 11.9. The number of hydrogen-bond donors (Lipinski definition) is 1. The zero-order valence-corrected chi connectivity index (χ0v) is 21.2. The zero-order valence-electron chi connectivity index (χ0n) is 21.2. The molecule has 0 bridgehead atoms. The molecule has 1 unspecified atom stereocenters. The molecule has 0 radical (unpaired) electrons. The molecule has 1 atom stereocenters. The Morgan fingerprint density at radius 3 is 1.92 bits per heavy atom. The molecule has 0 aliphatic carbocycles. The molecule has 3 nitrogen and oxygen atoms in total. The van der Waals surface area contributed by atoms with E-state index in [1.165, 1.54) is 38.1 Å². The molecule has 202 valence electrons. The topological polar surface area (TPSA) is 46.2 Å². The first-order valence-corrected chi connectivity index (χ1v) is 11.9. The van der Waals surface area contributed by atoms with Crippen molar-refractivity contribution in [3.05, 3.63) is 88.5 Å². The van der Waals surface area contributed by atoms with Gasteiger partial charge >= 0.3 is 12.4 Å². The van der Waals surface area contributed by atoms with Gasteiger partial charge in [0.25, 0.3) is 5.91 Å². The van der Waals surface area contributed by atoms with Crippen molar-refractivity contribution >= 4 is 17.4 Å². The number of alkyl halides is 6. The fourth-order valence-corrected chi connectivity index (χ4v) is 4.23. The maximum atomic E-state index is 13.3. The Morgan fingerprint density at radius 1 is 0.789 bits per heavy atom. The Balaban J connectivity index is 2.08. The SMILES string of the molecule is CC(=O)C(CC(C)C)c1cc(NC(=O)c2cc(C)cc(C(F)(F)F)c2)cc(-c2ccc(C(F)(F)F)cc2)c1. The van der Waals surface area contributed by atoms with E-state index in [2.05, 4.69) is 5.32 Å². The summed E-state index contributed by atoms with van der Waals surface area (Å²) in [5, 5.41) is 2.60. The van der Waals surface area contributed by atoms with E-state index in [1.54, 1.807) is 12.1 Å². The third-order valence-electron chi connectivity index (χ3n) is 6.03. The minimum atomic E-state index is -4.64. The molecule has 0 aliphatic heterocycles. The van der Waals surface area contributed by atoms with Crippen LogP contribution in [-0.2, 0) is 17.1 Å². The van der Waals surface area contributed by atoms with E-state index in [4.69, 9.17) is 0 Å². The maximum Gasteiger partial charge on any atom is 0.416 e. The van der Waals surface area contributed by atoms with E-state index in [-0.39, 0.29) is 28.5 Å². The Hall–Kier alpha value is -3.62. The minimum Gasteiger partial charge on any atom is -0.322 e. The van der Waals surface area contributed by atoms with Crippen molar-refractivity contribution < 1.29 is 35.9 Å². The summed E-state index contributed by atoms with van der Waals surface area (Å²) in [6.45, 7) is 6.75. The average molecular weight is 536 g/mol. The quantitative estimate of drug-likeness (QED) is 0.308. The van der Waals surface area contributed by atoms with Crippen molar-refractivity contribution in [2.24, 2.45) is 5.92 Å². The van der Waals surface area contributed by atoms with Crippen molar-refractivity contribution in [3.63, 3.8) is 0 Å². The number of carbonyl (C=O) groups excluding carboxylic acids is 2. The average Bonchev–Trinajstić information content (AvgIpc) is 2.80. The molecule has 1 amide bonds. The second kappa shape index (κ2) is 11.0. The van der Waals surface area contributed by atoms with Gasteiger partial charge in [0.1, 0.15) is 5.78 Å². The Bertz CT molecular complexity index is 1320. The van der Waals surface area contributed by atoms with Crippen molar-refractivity contribution in [1.29, 1.82) is 0 Å². The van der Waals surface area contributed by atoms with Crippen LogP contribution in [0.3, 0.4) is 0 Å². The van der Waals surface area contributed by atoms with Crippen LogP contribution in [0.2, 0.25) is 0 Å². The zero-order chi connectivity index (χ0) is 28.4. The fraction of sp³-hybridized carbons (Fsp3) is 0.310. The highest BCUT2D eigenvalue weighted by Crippen LogP contribution is 2.35. The van der Waals surface area contributed by atoms with E-state index in [1.807, 2.05) is 13.8 Å². The molecule has 3 aromatic rings. The van der Waals surface area contributed by atoms with Gasteiger partial charge in [-0.3, -0.25) is 9.59 Å². The molecular weight excluding hydrogens is 508 g/mol. The Morgan fingerprint density at radius 2 is 1.39 bits per heavy atom. The predicted octanol–water partition coefficient (Wildman–Crippen LogP) is 8.67. The fourth-order valence-electron chi connectivity index (χ4n) is 4.23. The van der Waals surface area contributed by atoms with E-state index >= 15 is 0 Å². The lowest BCUT2D eigenvalue weighted by Gasteiger charge is -2.20. The molecule has 9 heteroatoms. The van der Waals surface area contributed by atoms with Crippen molar-refractivity contribution in [3.8, 4) is 11.1 Å². The number of rotatable bonds is 7. The number of halogens is 6. The largest absolute Gasteiger partial charge is 0.416 e.